The Balaban J connectivity index is 0. The number of nitrogens with zero attached hydrogens (tertiary/aromatic N) is 1. The van der Waals surface area contributed by atoms with Crippen molar-refractivity contribution in [3.05, 3.63) is 0 Å². The highest BCUT2D eigenvalue weighted by atomic mass is 16.4. The van der Waals surface area contributed by atoms with Crippen molar-refractivity contribution in [3.8, 4) is 0 Å². The van der Waals surface area contributed by atoms with Gasteiger partial charge in [-0.25, -0.2) is 0 Å². The van der Waals surface area contributed by atoms with Gasteiger partial charge in [-0.2, -0.15) is 0 Å². The number of carboxylic acids is 3. The maximum atomic E-state index is 10.2. The van der Waals surface area contributed by atoms with Crippen LogP contribution in [0.2, 0.25) is 0 Å². The number of likely N-dealkylation sites (N-methyl/N-ethyl adjacent to an activating group) is 1. The summed E-state index contributed by atoms with van der Waals surface area (Å²) in [6.07, 6.45) is -2.41. The summed E-state index contributed by atoms with van der Waals surface area (Å²) in [5.41, 5.74) is -2.85. The standard InChI is InChI=1S/C6H16NO2.C6H8O7/c1-7(2,3-5-8)4-6-9;7-3(8)1-6(13,5(11)12)2-4(9)10/h8-9H,3-6H2,1-2H3;13H,1-2H2,(H,7,8)(H,9,10)(H,11,12)/q+1;/p-1. The number of hydrogen-bond donors (Lipinski definition) is 5. The first-order valence-electron chi connectivity index (χ1n) is 6.31. The molecule has 22 heavy (non-hydrogen) atoms. The van der Waals surface area contributed by atoms with Gasteiger partial charge in [0.2, 0.25) is 0 Å². The molecule has 0 aliphatic rings. The second-order valence-corrected chi connectivity index (χ2v) is 5.29. The highest BCUT2D eigenvalue weighted by Gasteiger charge is 2.34. The molecule has 130 valence electrons. The maximum absolute atomic E-state index is 10.2. The van der Waals surface area contributed by atoms with E-state index in [-0.39, 0.29) is 13.2 Å². The highest BCUT2D eigenvalue weighted by Crippen LogP contribution is 2.14. The van der Waals surface area contributed by atoms with Gasteiger partial charge in [0.1, 0.15) is 18.7 Å². The summed E-state index contributed by atoms with van der Waals surface area (Å²) in [6.45, 7) is 1.79. The number of quaternary nitrogens is 1. The summed E-state index contributed by atoms with van der Waals surface area (Å²) in [6, 6.07) is 0. The van der Waals surface area contributed by atoms with E-state index in [1.807, 2.05) is 14.1 Å². The van der Waals surface area contributed by atoms with Crippen LogP contribution in [0, 0.1) is 0 Å². The molecule has 0 spiro atoms. The van der Waals surface area contributed by atoms with E-state index in [0.717, 1.165) is 0 Å². The summed E-state index contributed by atoms with van der Waals surface area (Å²) in [5, 5.41) is 52.6. The third-order valence-corrected chi connectivity index (χ3v) is 2.68. The van der Waals surface area contributed by atoms with Crippen molar-refractivity contribution < 1.29 is 49.5 Å². The predicted octanol–water partition coefficient (Wildman–Crippen LogP) is -3.54. The minimum atomic E-state index is -2.85. The van der Waals surface area contributed by atoms with Crippen molar-refractivity contribution in [2.45, 2.75) is 18.4 Å². The molecule has 0 aliphatic heterocycles. The van der Waals surface area contributed by atoms with Gasteiger partial charge >= 0.3 is 11.9 Å². The second kappa shape index (κ2) is 10.1. The van der Waals surface area contributed by atoms with Gasteiger partial charge < -0.3 is 39.9 Å². The van der Waals surface area contributed by atoms with Crippen molar-refractivity contribution in [2.24, 2.45) is 0 Å². The molecule has 10 nitrogen and oxygen atoms in total. The van der Waals surface area contributed by atoms with Crippen molar-refractivity contribution >= 4 is 17.9 Å². The fourth-order valence-electron chi connectivity index (χ4n) is 1.36. The molecule has 0 saturated carbocycles. The molecule has 5 N–H and O–H groups in total. The summed E-state index contributed by atoms with van der Waals surface area (Å²) >= 11 is 0. The molecular weight excluding hydrogens is 302 g/mol. The van der Waals surface area contributed by atoms with Crippen LogP contribution in [0.5, 0.6) is 0 Å². The van der Waals surface area contributed by atoms with Crippen LogP contribution < -0.4 is 5.11 Å². The molecule has 0 saturated heterocycles. The summed E-state index contributed by atoms with van der Waals surface area (Å²) < 4.78 is 0.688. The predicted molar refractivity (Wildman–Crippen MR) is 70.5 cm³/mol. The van der Waals surface area contributed by atoms with Crippen molar-refractivity contribution in [3.63, 3.8) is 0 Å². The minimum Gasteiger partial charge on any atom is -0.547 e. The molecular formula is C12H23NO9. The quantitative estimate of drug-likeness (QED) is 0.269. The highest BCUT2D eigenvalue weighted by molar-refractivity contribution is 5.86. The third-order valence-electron chi connectivity index (χ3n) is 2.68. The number of aliphatic hydroxyl groups is 3. The van der Waals surface area contributed by atoms with Crippen LogP contribution in [-0.4, -0.2) is 93.9 Å². The molecule has 0 aromatic heterocycles. The van der Waals surface area contributed by atoms with E-state index in [2.05, 4.69) is 0 Å². The number of aliphatic hydroxyl groups excluding tert-OH is 2. The lowest BCUT2D eigenvalue weighted by Crippen LogP contribution is -2.51. The van der Waals surface area contributed by atoms with Crippen LogP contribution in [0.25, 0.3) is 0 Å². The van der Waals surface area contributed by atoms with Crippen LogP contribution in [-0.2, 0) is 14.4 Å². The van der Waals surface area contributed by atoms with E-state index in [0.29, 0.717) is 17.6 Å². The largest absolute Gasteiger partial charge is 0.547 e. The van der Waals surface area contributed by atoms with Gasteiger partial charge in [0.25, 0.3) is 0 Å². The van der Waals surface area contributed by atoms with Crippen molar-refractivity contribution in [2.75, 3.05) is 40.4 Å². The average Bonchev–Trinajstić information content (AvgIpc) is 2.26. The zero-order valence-electron chi connectivity index (χ0n) is 12.6. The van der Waals surface area contributed by atoms with Gasteiger partial charge in [-0.15, -0.1) is 0 Å². The Bertz CT molecular complexity index is 357. The lowest BCUT2D eigenvalue weighted by molar-refractivity contribution is -0.890. The van der Waals surface area contributed by atoms with E-state index in [9.17, 15) is 19.5 Å². The Morgan fingerprint density at radius 1 is 0.955 bits per heavy atom. The van der Waals surface area contributed by atoms with E-state index in [4.69, 9.17) is 25.5 Å². The first-order valence-corrected chi connectivity index (χ1v) is 6.31. The molecule has 0 bridgehead atoms. The number of aliphatic carboxylic acids is 3. The van der Waals surface area contributed by atoms with Crippen LogP contribution in [0.4, 0.5) is 0 Å². The Hall–Kier alpha value is -1.75. The molecule has 0 fully saturated rings. The number of carbonyl (C=O) groups excluding carboxylic acids is 1. The van der Waals surface area contributed by atoms with E-state index in [1.165, 1.54) is 0 Å². The van der Waals surface area contributed by atoms with Crippen LogP contribution in [0.1, 0.15) is 12.8 Å². The molecule has 0 aliphatic carbocycles. The van der Waals surface area contributed by atoms with Gasteiger partial charge in [0.05, 0.1) is 46.1 Å². The van der Waals surface area contributed by atoms with Crippen LogP contribution in [0.15, 0.2) is 0 Å². The maximum Gasteiger partial charge on any atom is 0.306 e. The number of carboxylic acid groups (broad SMARTS) is 3. The normalized spacial score (nSPS) is 11.3. The first-order chi connectivity index (χ1) is 9.90. The van der Waals surface area contributed by atoms with E-state index < -0.39 is 36.4 Å². The first kappa shape index (κ1) is 22.5. The van der Waals surface area contributed by atoms with E-state index >= 15 is 0 Å². The fraction of sp³-hybridized carbons (Fsp3) is 0.750. The van der Waals surface area contributed by atoms with Gasteiger partial charge in [0.15, 0.2) is 0 Å². The van der Waals surface area contributed by atoms with Crippen molar-refractivity contribution in [1.29, 1.82) is 0 Å². The Morgan fingerprint density at radius 2 is 1.27 bits per heavy atom. The Morgan fingerprint density at radius 3 is 1.45 bits per heavy atom. The second-order valence-electron chi connectivity index (χ2n) is 5.29. The number of rotatable bonds is 9. The minimum absolute atomic E-state index is 0.188. The van der Waals surface area contributed by atoms with Gasteiger partial charge in [-0.05, 0) is 0 Å². The molecule has 0 aromatic rings. The SMILES string of the molecule is C[N+](C)(CCO)CCO.O=C(O)CC(O)(CC(=O)O)C(=O)[O-]. The van der Waals surface area contributed by atoms with Gasteiger partial charge in [-0.1, -0.05) is 0 Å². The van der Waals surface area contributed by atoms with Crippen LogP contribution >= 0.6 is 0 Å². The topological polar surface area (TPSA) is 175 Å². The molecule has 10 heteroatoms. The molecule has 0 heterocycles. The fourth-order valence-corrected chi connectivity index (χ4v) is 1.36. The smallest absolute Gasteiger partial charge is 0.306 e. The van der Waals surface area contributed by atoms with Gasteiger partial charge in [0, 0.05) is 0 Å². The Labute approximate surface area is 127 Å². The Kier molecular flexibility index (Phi) is 10.3. The van der Waals surface area contributed by atoms with Gasteiger partial charge in [-0.3, -0.25) is 9.59 Å². The zero-order valence-corrected chi connectivity index (χ0v) is 12.6. The summed E-state index contributed by atoms with van der Waals surface area (Å²) in [7, 11) is 3.96. The molecule has 0 unspecified atom stereocenters. The number of carbonyl (C=O) groups is 3. The third kappa shape index (κ3) is 11.0. The summed E-state index contributed by atoms with van der Waals surface area (Å²) in [4.78, 5) is 30.3. The molecule has 0 atom stereocenters. The molecule has 0 aromatic carbocycles. The summed E-state index contributed by atoms with van der Waals surface area (Å²) in [5.74, 6) is -5.35. The zero-order chi connectivity index (χ0) is 18.0. The van der Waals surface area contributed by atoms with Crippen LogP contribution in [0.3, 0.4) is 0 Å². The number of hydrogen-bond acceptors (Lipinski definition) is 7. The van der Waals surface area contributed by atoms with E-state index in [1.54, 1.807) is 0 Å². The molecule has 0 amide bonds. The lowest BCUT2D eigenvalue weighted by Gasteiger charge is -2.27. The van der Waals surface area contributed by atoms with Crippen molar-refractivity contribution in [1.82, 2.24) is 0 Å². The monoisotopic (exact) mass is 325 g/mol. The molecule has 0 rings (SSSR count). The lowest BCUT2D eigenvalue weighted by atomic mass is 9.96. The molecule has 0 radical (unpaired) electrons. The average molecular weight is 325 g/mol.